The molecule has 0 aliphatic carbocycles. The minimum absolute atomic E-state index is 0.122. The van der Waals surface area contributed by atoms with Crippen molar-refractivity contribution in [2.24, 2.45) is 0 Å². The first-order chi connectivity index (χ1) is 14.8. The van der Waals surface area contributed by atoms with Gasteiger partial charge in [0.2, 0.25) is 0 Å². The van der Waals surface area contributed by atoms with Crippen LogP contribution in [0, 0.1) is 0 Å². The van der Waals surface area contributed by atoms with E-state index in [-0.39, 0.29) is 5.78 Å². The van der Waals surface area contributed by atoms with Gasteiger partial charge in [-0.05, 0) is 40.5 Å². The topological polar surface area (TPSA) is 26.3 Å². The average Bonchev–Trinajstić information content (AvgIpc) is 3.10. The summed E-state index contributed by atoms with van der Waals surface area (Å²) in [7, 11) is 1.66. The van der Waals surface area contributed by atoms with Gasteiger partial charge in [0.1, 0.15) is 5.75 Å². The van der Waals surface area contributed by atoms with Gasteiger partial charge in [0.15, 0.2) is 5.78 Å². The van der Waals surface area contributed by atoms with Crippen molar-refractivity contribution in [2.75, 3.05) is 7.11 Å². The van der Waals surface area contributed by atoms with Crippen LogP contribution >= 0.6 is 6.89 Å². The first-order valence-corrected chi connectivity index (χ1v) is 11.7. The maximum atomic E-state index is 13.9. The van der Waals surface area contributed by atoms with Crippen molar-refractivity contribution in [1.82, 2.24) is 0 Å². The molecule has 0 radical (unpaired) electrons. The van der Waals surface area contributed by atoms with Gasteiger partial charge in [-0.1, -0.05) is 97.1 Å². The maximum Gasteiger partial charge on any atom is 0.195 e. The second-order valence-corrected chi connectivity index (χ2v) is 10.6. The highest BCUT2D eigenvalue weighted by Gasteiger charge is 2.41. The van der Waals surface area contributed by atoms with Crippen molar-refractivity contribution in [3.8, 4) is 5.75 Å². The molecule has 0 fully saturated rings. The van der Waals surface area contributed by atoms with Crippen LogP contribution in [0.25, 0.3) is 0 Å². The van der Waals surface area contributed by atoms with E-state index in [1.54, 1.807) is 7.11 Å². The van der Waals surface area contributed by atoms with Crippen molar-refractivity contribution in [3.63, 3.8) is 0 Å². The summed E-state index contributed by atoms with van der Waals surface area (Å²) in [6, 6.07) is 37.0. The lowest BCUT2D eigenvalue weighted by molar-refractivity contribution is 0.107. The Balaban J connectivity index is 1.99. The fraction of sp³-hybridized carbons (Fsp3) is 0.0370. The lowest BCUT2D eigenvalue weighted by Crippen LogP contribution is -2.27. The summed E-state index contributed by atoms with van der Waals surface area (Å²) < 4.78 is 5.36. The average molecular weight is 408 g/mol. The molecular weight excluding hydrogens is 387 g/mol. The van der Waals surface area contributed by atoms with E-state index < -0.39 is 6.89 Å². The quantitative estimate of drug-likeness (QED) is 0.468. The monoisotopic (exact) mass is 408 g/mol. The molecule has 0 N–H and O–H groups in total. The van der Waals surface area contributed by atoms with Gasteiger partial charge in [-0.25, -0.2) is 0 Å². The van der Waals surface area contributed by atoms with Crippen LogP contribution in [-0.4, -0.2) is 18.2 Å². The fourth-order valence-electron chi connectivity index (χ4n) is 4.42. The molecule has 146 valence electrons. The van der Waals surface area contributed by atoms with E-state index in [0.717, 1.165) is 27.5 Å². The molecule has 30 heavy (non-hydrogen) atoms. The summed E-state index contributed by atoms with van der Waals surface area (Å²) in [5, 5.41) is 4.42. The van der Waals surface area contributed by atoms with Gasteiger partial charge in [0.25, 0.3) is 0 Å². The van der Waals surface area contributed by atoms with Crippen molar-refractivity contribution in [2.45, 2.75) is 0 Å². The standard InChI is InChI=1S/C27H21O2P/c1-29-21-18-16-20(17-19-21)27-26(28)24-14-8-9-15-25(24)30(27,22-10-4-2-5-11-22)23-12-6-3-7-13-23/h2-19H,1H3. The molecule has 0 saturated carbocycles. The van der Waals surface area contributed by atoms with Crippen molar-refractivity contribution in [1.29, 1.82) is 0 Å². The molecule has 4 aromatic carbocycles. The van der Waals surface area contributed by atoms with Crippen molar-refractivity contribution < 1.29 is 9.53 Å². The molecule has 0 unspecified atom stereocenters. The number of hydrogen-bond acceptors (Lipinski definition) is 2. The van der Waals surface area contributed by atoms with Gasteiger partial charge in [-0.3, -0.25) is 4.79 Å². The number of carbonyl (C=O) groups excluding carboxylic acids is 1. The van der Waals surface area contributed by atoms with Crippen molar-refractivity contribution in [3.05, 3.63) is 120 Å². The molecule has 3 heteroatoms. The molecule has 0 saturated heterocycles. The van der Waals surface area contributed by atoms with Crippen LogP contribution in [0.3, 0.4) is 0 Å². The normalized spacial score (nSPS) is 14.4. The van der Waals surface area contributed by atoms with Crippen molar-refractivity contribution >= 4 is 33.9 Å². The highest BCUT2D eigenvalue weighted by Crippen LogP contribution is 2.52. The highest BCUT2D eigenvalue weighted by molar-refractivity contribution is 7.98. The Morgan fingerprint density at radius 1 is 0.633 bits per heavy atom. The van der Waals surface area contributed by atoms with Crippen LogP contribution in [0.1, 0.15) is 15.9 Å². The van der Waals surface area contributed by atoms with Crippen LogP contribution in [0.2, 0.25) is 0 Å². The molecule has 0 spiro atoms. The summed E-state index contributed by atoms with van der Waals surface area (Å²) in [4.78, 5) is 13.9. The third kappa shape index (κ3) is 2.69. The molecule has 0 atom stereocenters. The summed E-state index contributed by atoms with van der Waals surface area (Å²) in [5.74, 6) is 0.905. The summed E-state index contributed by atoms with van der Waals surface area (Å²) in [6.45, 7) is -2.33. The zero-order chi connectivity index (χ0) is 20.6. The molecule has 0 aromatic heterocycles. The first-order valence-electron chi connectivity index (χ1n) is 9.93. The number of Topliss-reactive ketones (excluding diaryl/α,β-unsaturated/α-hetero) is 1. The molecule has 1 heterocycles. The van der Waals surface area contributed by atoms with Gasteiger partial charge in [0, 0.05) is 10.9 Å². The minimum Gasteiger partial charge on any atom is -0.497 e. The number of benzene rings is 4. The van der Waals surface area contributed by atoms with Gasteiger partial charge in [-0.2, -0.15) is 0 Å². The van der Waals surface area contributed by atoms with Gasteiger partial charge in [-0.15, -0.1) is 0 Å². The second-order valence-electron chi connectivity index (χ2n) is 7.27. The SMILES string of the molecule is COc1ccc(C2=P(c3ccccc3)(c3ccccc3)c3ccccc3C2=O)cc1. The molecule has 1 aliphatic rings. The van der Waals surface area contributed by atoms with Crippen LogP contribution in [0.15, 0.2) is 109 Å². The van der Waals surface area contributed by atoms with Gasteiger partial charge >= 0.3 is 0 Å². The van der Waals surface area contributed by atoms with E-state index in [2.05, 4.69) is 54.6 Å². The van der Waals surface area contributed by atoms with Gasteiger partial charge in [0.05, 0.1) is 7.11 Å². The molecule has 1 aliphatic heterocycles. The van der Waals surface area contributed by atoms with Crippen LogP contribution < -0.4 is 20.7 Å². The summed E-state index contributed by atoms with van der Waals surface area (Å²) >= 11 is 0. The Labute approximate surface area is 176 Å². The molecule has 0 bridgehead atoms. The Morgan fingerprint density at radius 2 is 1.17 bits per heavy atom. The van der Waals surface area contributed by atoms with Crippen LogP contribution in [0.5, 0.6) is 5.75 Å². The largest absolute Gasteiger partial charge is 0.497 e. The Bertz CT molecular complexity index is 1230. The zero-order valence-corrected chi connectivity index (χ0v) is 17.6. The van der Waals surface area contributed by atoms with Crippen LogP contribution in [-0.2, 0) is 0 Å². The fourth-order valence-corrected chi connectivity index (χ4v) is 9.08. The molecule has 0 amide bonds. The second kappa shape index (κ2) is 7.48. The Kier molecular flexibility index (Phi) is 4.65. The number of ether oxygens (including phenoxy) is 1. The number of hydrogen-bond donors (Lipinski definition) is 0. The predicted octanol–water partition coefficient (Wildman–Crippen LogP) is 4.41. The number of fused-ring (bicyclic) bond motifs is 1. The first kappa shape index (κ1) is 18.7. The number of ketones is 1. The van der Waals surface area contributed by atoms with Gasteiger partial charge < -0.3 is 4.74 Å². The lowest BCUT2D eigenvalue weighted by atomic mass is 10.0. The molecule has 4 aromatic rings. The van der Waals surface area contributed by atoms with E-state index in [0.29, 0.717) is 0 Å². The van der Waals surface area contributed by atoms with E-state index in [1.165, 1.54) is 10.6 Å². The molecule has 2 nitrogen and oxygen atoms in total. The lowest BCUT2D eigenvalue weighted by Gasteiger charge is -2.28. The molecule has 5 rings (SSSR count). The van der Waals surface area contributed by atoms with E-state index >= 15 is 0 Å². The van der Waals surface area contributed by atoms with E-state index in [9.17, 15) is 4.79 Å². The molecular formula is C27H21O2P. The third-order valence-corrected chi connectivity index (χ3v) is 10.1. The summed E-state index contributed by atoms with van der Waals surface area (Å²) in [6.07, 6.45) is 0. The highest BCUT2D eigenvalue weighted by atomic mass is 31.2. The Hall–Kier alpha value is -3.35. The Morgan fingerprint density at radius 3 is 1.73 bits per heavy atom. The van der Waals surface area contributed by atoms with E-state index in [4.69, 9.17) is 4.74 Å². The maximum absolute atomic E-state index is 13.9. The number of carbonyl (C=O) groups is 1. The van der Waals surface area contributed by atoms with E-state index in [1.807, 2.05) is 54.6 Å². The number of rotatable bonds is 4. The predicted molar refractivity (Wildman–Crippen MR) is 127 cm³/mol. The number of methoxy groups -OCH3 is 1. The minimum atomic E-state index is -2.33. The van der Waals surface area contributed by atoms with Crippen LogP contribution in [0.4, 0.5) is 0 Å². The third-order valence-electron chi connectivity index (χ3n) is 5.71. The summed E-state index contributed by atoms with van der Waals surface area (Å²) in [5.41, 5.74) is 1.77. The zero-order valence-electron chi connectivity index (χ0n) is 16.7. The smallest absolute Gasteiger partial charge is 0.195 e.